The minimum Gasteiger partial charge on any atom is -0.468 e. The quantitative estimate of drug-likeness (QED) is 0.0682. The number of piperidine rings is 2. The van der Waals surface area contributed by atoms with Crippen LogP contribution in [0.15, 0.2) is 83.9 Å². The van der Waals surface area contributed by atoms with Crippen molar-refractivity contribution in [3.8, 4) is 5.88 Å². The summed E-state index contributed by atoms with van der Waals surface area (Å²) >= 11 is 0. The molecule has 16 nitrogen and oxygen atoms in total. The molecule has 2 aromatic heterocycles. The summed E-state index contributed by atoms with van der Waals surface area (Å²) < 4.78 is 73.4. The van der Waals surface area contributed by atoms with E-state index in [0.29, 0.717) is 74.8 Å². The van der Waals surface area contributed by atoms with Crippen molar-refractivity contribution in [1.29, 1.82) is 0 Å². The number of sulfonamides is 1. The Morgan fingerprint density at radius 1 is 0.973 bits per heavy atom. The molecule has 0 radical (unpaired) electrons. The molecular weight excluding hydrogens is 971 g/mol. The van der Waals surface area contributed by atoms with Gasteiger partial charge in [0.15, 0.2) is 0 Å². The zero-order valence-electron chi connectivity index (χ0n) is 42.2. The first-order valence-electron chi connectivity index (χ1n) is 26.3. The summed E-state index contributed by atoms with van der Waals surface area (Å²) in [5.74, 6) is -2.87. The molecule has 74 heavy (non-hydrogen) atoms. The third kappa shape index (κ3) is 9.80. The van der Waals surface area contributed by atoms with E-state index in [2.05, 4.69) is 50.8 Å². The summed E-state index contributed by atoms with van der Waals surface area (Å²) in [7, 11) is -4.66. The minimum absolute atomic E-state index is 0.0148. The number of alkyl halides is 2. The molecule has 6 aliphatic rings. The lowest BCUT2D eigenvalue weighted by atomic mass is 9.59. The summed E-state index contributed by atoms with van der Waals surface area (Å²) in [6, 6.07) is 20.8. The fourth-order valence-corrected chi connectivity index (χ4v) is 13.9. The van der Waals surface area contributed by atoms with Gasteiger partial charge in [-0.25, -0.2) is 21.9 Å². The molecule has 1 amide bonds. The van der Waals surface area contributed by atoms with E-state index in [1.165, 1.54) is 17.7 Å². The van der Waals surface area contributed by atoms with Crippen LogP contribution in [0.25, 0.3) is 11.0 Å². The van der Waals surface area contributed by atoms with Gasteiger partial charge in [0.1, 0.15) is 23.1 Å². The van der Waals surface area contributed by atoms with Crippen LogP contribution in [0.2, 0.25) is 0 Å². The van der Waals surface area contributed by atoms with Gasteiger partial charge in [-0.05, 0) is 142 Å². The summed E-state index contributed by atoms with van der Waals surface area (Å²) in [6.45, 7) is 8.38. The predicted octanol–water partition coefficient (Wildman–Crippen LogP) is 9.98. The van der Waals surface area contributed by atoms with Crippen molar-refractivity contribution in [2.75, 3.05) is 54.5 Å². The number of fused-ring (bicyclic) bond motifs is 3. The number of pyridine rings is 1. The highest BCUT2D eigenvalue weighted by molar-refractivity contribution is 7.90. The number of ether oxygens (including phenoxy) is 2. The molecule has 11 rings (SSSR count). The smallest absolute Gasteiger partial charge is 0.293 e. The Hall–Kier alpha value is -5.89. The third-order valence-electron chi connectivity index (χ3n) is 17.1. The largest absolute Gasteiger partial charge is 0.468 e. The van der Waals surface area contributed by atoms with E-state index in [4.69, 9.17) is 14.5 Å². The van der Waals surface area contributed by atoms with Gasteiger partial charge in [0.05, 0.1) is 45.9 Å². The average Bonchev–Trinajstić information content (AvgIpc) is 3.83. The maximum Gasteiger partial charge on any atom is 0.293 e. The lowest BCUT2D eigenvalue weighted by Crippen LogP contribution is -2.59. The van der Waals surface area contributed by atoms with Crippen molar-refractivity contribution in [1.82, 2.24) is 19.6 Å². The predicted molar refractivity (Wildman–Crippen MR) is 278 cm³/mol. The molecule has 0 bridgehead atoms. The second-order valence-electron chi connectivity index (χ2n) is 22.5. The van der Waals surface area contributed by atoms with Crippen LogP contribution in [0, 0.1) is 21.4 Å². The molecule has 3 aromatic carbocycles. The van der Waals surface area contributed by atoms with Gasteiger partial charge in [0, 0.05) is 68.1 Å². The van der Waals surface area contributed by atoms with Crippen molar-refractivity contribution < 1.29 is 41.5 Å². The molecule has 394 valence electrons. The zero-order valence-corrected chi connectivity index (χ0v) is 43.0. The van der Waals surface area contributed by atoms with E-state index in [0.717, 1.165) is 61.2 Å². The SMILES string of the molecule is CC(C)c1ccccc1[C@@H]1CCC(F)(F)CN1C1CC2(CCN(c3ccc(C(=O)NS(=O)(=O)c4ccc(NC[C@H]5CC[C@](C)(O)CC5)c([N+](=O)[O-])c4)c(N4c5cc6cc[nH]c6nc5O[C@H]5COCC[C@@H]54)c3)CC2)C1. The van der Waals surface area contributed by atoms with Crippen LogP contribution in [-0.2, 0) is 14.8 Å². The normalized spacial score (nSPS) is 26.7. The van der Waals surface area contributed by atoms with Gasteiger partial charge in [0.25, 0.3) is 27.5 Å². The fourth-order valence-electron chi connectivity index (χ4n) is 12.9. The summed E-state index contributed by atoms with van der Waals surface area (Å²) in [4.78, 5) is 40.4. The van der Waals surface area contributed by atoms with E-state index in [-0.39, 0.29) is 66.2 Å². The van der Waals surface area contributed by atoms with Crippen LogP contribution in [0.5, 0.6) is 5.88 Å². The zero-order chi connectivity index (χ0) is 51.7. The average molecular weight is 1040 g/mol. The topological polar surface area (TPSA) is 196 Å². The monoisotopic (exact) mass is 1040 g/mol. The second-order valence-corrected chi connectivity index (χ2v) is 24.2. The number of carbonyl (C=O) groups excluding carboxylic acids is 1. The highest BCUT2D eigenvalue weighted by Gasteiger charge is 2.53. The number of amides is 1. The Labute approximate surface area is 430 Å². The van der Waals surface area contributed by atoms with Crippen molar-refractivity contribution in [3.05, 3.63) is 106 Å². The number of aromatic nitrogens is 2. The van der Waals surface area contributed by atoms with Gasteiger partial charge in [-0.2, -0.15) is 4.98 Å². The molecule has 4 aliphatic heterocycles. The van der Waals surface area contributed by atoms with Gasteiger partial charge in [-0.1, -0.05) is 38.1 Å². The van der Waals surface area contributed by atoms with Crippen molar-refractivity contribution in [2.45, 2.75) is 138 Å². The van der Waals surface area contributed by atoms with Crippen LogP contribution in [0.4, 0.5) is 37.2 Å². The van der Waals surface area contributed by atoms with E-state index in [9.17, 15) is 28.4 Å². The molecule has 19 heteroatoms. The van der Waals surface area contributed by atoms with Gasteiger partial charge in [-0.15, -0.1) is 0 Å². The number of nitro benzene ring substituents is 1. The first-order chi connectivity index (χ1) is 35.3. The number of H-pyrrole nitrogens is 1. The molecular formula is C55H66F2N8O8S. The van der Waals surface area contributed by atoms with E-state index >= 15 is 8.78 Å². The molecule has 5 aromatic rings. The molecule has 3 saturated heterocycles. The number of carbonyl (C=O) groups is 1. The second kappa shape index (κ2) is 19.4. The van der Waals surface area contributed by atoms with Crippen molar-refractivity contribution in [3.63, 3.8) is 0 Å². The number of nitro groups is 1. The van der Waals surface area contributed by atoms with Gasteiger partial charge < -0.3 is 34.7 Å². The van der Waals surface area contributed by atoms with E-state index in [1.54, 1.807) is 19.2 Å². The number of hydrogen-bond donors (Lipinski definition) is 4. The van der Waals surface area contributed by atoms with Gasteiger partial charge >= 0.3 is 0 Å². The van der Waals surface area contributed by atoms with Gasteiger partial charge in [0.2, 0.25) is 5.88 Å². The van der Waals surface area contributed by atoms with Crippen LogP contribution < -0.4 is 24.6 Å². The fraction of sp³-hybridized carbons (Fsp3) is 0.527. The van der Waals surface area contributed by atoms with Crippen LogP contribution in [-0.4, -0.2) is 108 Å². The number of halogens is 2. The molecule has 6 heterocycles. The first kappa shape index (κ1) is 50.3. The number of likely N-dealkylation sites (tertiary alicyclic amines) is 1. The third-order valence-corrected chi connectivity index (χ3v) is 18.5. The molecule has 0 unspecified atom stereocenters. The van der Waals surface area contributed by atoms with E-state index in [1.807, 2.05) is 41.3 Å². The van der Waals surface area contributed by atoms with Crippen molar-refractivity contribution in [2.24, 2.45) is 11.3 Å². The number of anilines is 4. The summed E-state index contributed by atoms with van der Waals surface area (Å²) in [6.07, 6.45) is 8.29. The van der Waals surface area contributed by atoms with Crippen LogP contribution >= 0.6 is 0 Å². The van der Waals surface area contributed by atoms with Crippen LogP contribution in [0.3, 0.4) is 0 Å². The Balaban J connectivity index is 0.868. The molecule has 3 atom stereocenters. The number of aliphatic hydroxyl groups is 1. The number of benzene rings is 3. The number of hydrogen-bond acceptors (Lipinski definition) is 13. The summed E-state index contributed by atoms with van der Waals surface area (Å²) in [5.41, 5.74) is 3.91. The Morgan fingerprint density at radius 2 is 1.74 bits per heavy atom. The number of nitrogens with one attached hydrogen (secondary N) is 3. The number of nitrogens with zero attached hydrogens (tertiary/aromatic N) is 5. The Bertz CT molecular complexity index is 3050. The number of aromatic amines is 1. The first-order valence-corrected chi connectivity index (χ1v) is 27.8. The standard InChI is InChI=1S/C55H66F2N8O8S/c1-34(2)40-6-4-5-7-41(40)44-14-19-55(56,57)33-63(44)38-29-54(30-38)20-23-62(24-21-54)37-8-10-42(46(27-37)64-45-16-25-72-32-49(45)73-52-48(64)26-36-15-22-58-50(36)60-52)51(66)61-74(70,71)39-9-11-43(47(28-39)65(68)69)59-31-35-12-17-53(3,67)18-13-35/h4-11,15,22,26-28,34-35,38,44-45,49,59,67H,12-14,16-21,23-25,29-33H2,1-3H3,(H,58,60)(H,61,66)/t35-,44-,45-,49-,53-/m0/s1. The van der Waals surface area contributed by atoms with Crippen molar-refractivity contribution >= 4 is 55.4 Å². The maximum atomic E-state index is 15.2. The van der Waals surface area contributed by atoms with Crippen LogP contribution in [0.1, 0.15) is 125 Å². The molecule has 2 aliphatic carbocycles. The van der Waals surface area contributed by atoms with Gasteiger partial charge in [-0.3, -0.25) is 19.8 Å². The van der Waals surface area contributed by atoms with E-state index < -0.39 is 49.1 Å². The highest BCUT2D eigenvalue weighted by atomic mass is 32.2. The Morgan fingerprint density at radius 3 is 2.50 bits per heavy atom. The lowest BCUT2D eigenvalue weighted by molar-refractivity contribution is -0.384. The molecule has 4 N–H and O–H groups in total. The molecule has 5 fully saturated rings. The highest BCUT2D eigenvalue weighted by Crippen LogP contribution is 2.55. The number of rotatable bonds is 12. The molecule has 1 spiro atoms. The molecule has 2 saturated carbocycles. The minimum atomic E-state index is -4.66. The summed E-state index contributed by atoms with van der Waals surface area (Å²) in [5, 5.41) is 26.7. The Kier molecular flexibility index (Phi) is 13.1. The maximum absolute atomic E-state index is 15.2. The lowest BCUT2D eigenvalue weighted by Gasteiger charge is -2.58.